The number of amides is 1. The van der Waals surface area contributed by atoms with Gasteiger partial charge in [-0.25, -0.2) is 9.50 Å². The summed E-state index contributed by atoms with van der Waals surface area (Å²) < 4.78 is 7.40. The quantitative estimate of drug-likeness (QED) is 0.479. The first-order chi connectivity index (χ1) is 13.9. The van der Waals surface area contributed by atoms with Crippen LogP contribution in [0.2, 0.25) is 0 Å². The molecule has 0 radical (unpaired) electrons. The number of aromatic nitrogens is 4. The number of benzene rings is 1. The Hall–Kier alpha value is -4.07. The monoisotopic (exact) mass is 388 g/mol. The average Bonchev–Trinajstić information content (AvgIpc) is 3.25. The number of aryl methyl sites for hydroxylation is 2. The maximum absolute atomic E-state index is 12.7. The van der Waals surface area contributed by atoms with Gasteiger partial charge in [0.25, 0.3) is 5.91 Å². The number of fused-ring (bicyclic) bond motifs is 1. The number of imidazole rings is 1. The maximum atomic E-state index is 12.7. The molecule has 0 fully saturated rings. The molecule has 3 aromatic heterocycles. The van der Waals surface area contributed by atoms with Crippen molar-refractivity contribution in [3.8, 4) is 11.6 Å². The highest BCUT2D eigenvalue weighted by molar-refractivity contribution is 6.06. The molecule has 4 N–H and O–H groups in total. The van der Waals surface area contributed by atoms with Crippen molar-refractivity contribution in [2.45, 2.75) is 13.8 Å². The summed E-state index contributed by atoms with van der Waals surface area (Å²) in [4.78, 5) is 19.9. The standard InChI is InChI=1S/C21H20N6O2/c1-4-14-9-16(13(3)23-14)21(28)24-17-10-15(6-5-12(17)2)29-20-8-7-19-25-18(22)11-27(19)26-20/h4-11,23H,1,22H2,2-3H3,(H,24,28). The highest BCUT2D eigenvalue weighted by atomic mass is 16.5. The predicted molar refractivity (Wildman–Crippen MR) is 112 cm³/mol. The SMILES string of the molecule is C=Cc1cc(C(=O)Nc2cc(Oc3ccc4nc(N)cn4n3)ccc2C)c(C)[nH]1. The van der Waals surface area contributed by atoms with Crippen LogP contribution in [-0.2, 0) is 0 Å². The number of carbonyl (C=O) groups is 1. The van der Waals surface area contributed by atoms with Gasteiger partial charge in [-0.15, -0.1) is 5.10 Å². The van der Waals surface area contributed by atoms with Crippen LogP contribution in [0.15, 0.2) is 49.2 Å². The fourth-order valence-corrected chi connectivity index (χ4v) is 2.98. The lowest BCUT2D eigenvalue weighted by Gasteiger charge is -2.11. The summed E-state index contributed by atoms with van der Waals surface area (Å²) in [6, 6.07) is 10.7. The molecule has 0 aliphatic heterocycles. The number of nitrogens with two attached hydrogens (primary N) is 1. The molecule has 4 aromatic rings. The van der Waals surface area contributed by atoms with Crippen molar-refractivity contribution in [2.24, 2.45) is 0 Å². The fourth-order valence-electron chi connectivity index (χ4n) is 2.98. The molecule has 4 rings (SSSR count). The molecule has 0 unspecified atom stereocenters. The summed E-state index contributed by atoms with van der Waals surface area (Å²) in [6.07, 6.45) is 3.28. The number of aromatic amines is 1. The summed E-state index contributed by atoms with van der Waals surface area (Å²) in [5.41, 5.74) is 10.0. The third kappa shape index (κ3) is 3.68. The Labute approximate surface area is 167 Å². The second-order valence-corrected chi connectivity index (χ2v) is 6.64. The minimum atomic E-state index is -0.208. The molecule has 29 heavy (non-hydrogen) atoms. The van der Waals surface area contributed by atoms with Crippen molar-refractivity contribution >= 4 is 29.1 Å². The summed E-state index contributed by atoms with van der Waals surface area (Å²) in [6.45, 7) is 7.48. The van der Waals surface area contributed by atoms with E-state index in [0.717, 1.165) is 17.0 Å². The van der Waals surface area contributed by atoms with Crippen molar-refractivity contribution in [3.63, 3.8) is 0 Å². The number of anilines is 2. The minimum Gasteiger partial charge on any atom is -0.438 e. The number of carbonyl (C=O) groups excluding carboxylic acids is 1. The van der Waals surface area contributed by atoms with Gasteiger partial charge in [0.05, 0.1) is 11.8 Å². The summed E-state index contributed by atoms with van der Waals surface area (Å²) in [5, 5.41) is 7.27. The Bertz CT molecular complexity index is 1240. The van der Waals surface area contributed by atoms with E-state index in [4.69, 9.17) is 10.5 Å². The van der Waals surface area contributed by atoms with E-state index in [9.17, 15) is 4.79 Å². The van der Waals surface area contributed by atoms with Crippen LogP contribution in [0.3, 0.4) is 0 Å². The molecule has 0 atom stereocenters. The zero-order chi connectivity index (χ0) is 20.5. The van der Waals surface area contributed by atoms with Gasteiger partial charge < -0.3 is 20.8 Å². The lowest BCUT2D eigenvalue weighted by Crippen LogP contribution is -2.13. The van der Waals surface area contributed by atoms with Crippen LogP contribution in [0.1, 0.15) is 27.3 Å². The lowest BCUT2D eigenvalue weighted by atomic mass is 10.1. The third-order valence-corrected chi connectivity index (χ3v) is 4.49. The number of H-pyrrole nitrogens is 1. The lowest BCUT2D eigenvalue weighted by molar-refractivity contribution is 0.102. The number of nitrogens with one attached hydrogen (secondary N) is 2. The topological polar surface area (TPSA) is 110 Å². The number of ether oxygens (including phenoxy) is 1. The van der Waals surface area contributed by atoms with Gasteiger partial charge in [-0.1, -0.05) is 12.6 Å². The van der Waals surface area contributed by atoms with Crippen LogP contribution in [0.5, 0.6) is 11.6 Å². The Kier molecular flexibility index (Phi) is 4.52. The highest BCUT2D eigenvalue weighted by Crippen LogP contribution is 2.27. The molecule has 0 aliphatic carbocycles. The van der Waals surface area contributed by atoms with Gasteiger partial charge in [-0.3, -0.25) is 4.79 Å². The van der Waals surface area contributed by atoms with Crippen LogP contribution in [0.25, 0.3) is 11.7 Å². The van der Waals surface area contributed by atoms with E-state index in [2.05, 4.69) is 27.0 Å². The van der Waals surface area contributed by atoms with E-state index in [-0.39, 0.29) is 5.91 Å². The van der Waals surface area contributed by atoms with Gasteiger partial charge in [-0.05, 0) is 43.7 Å². The molecule has 0 aliphatic rings. The molecule has 0 saturated carbocycles. The summed E-state index contributed by atoms with van der Waals surface area (Å²) in [5.74, 6) is 1.10. The van der Waals surface area contributed by atoms with Crippen molar-refractivity contribution in [3.05, 3.63) is 71.7 Å². The first kappa shape index (κ1) is 18.3. The maximum Gasteiger partial charge on any atom is 0.257 e. The second kappa shape index (κ2) is 7.16. The van der Waals surface area contributed by atoms with Gasteiger partial charge in [0.15, 0.2) is 5.65 Å². The van der Waals surface area contributed by atoms with Gasteiger partial charge in [0.1, 0.15) is 11.6 Å². The number of rotatable bonds is 5. The van der Waals surface area contributed by atoms with Gasteiger partial charge in [0.2, 0.25) is 5.88 Å². The molecule has 1 amide bonds. The van der Waals surface area contributed by atoms with Gasteiger partial charge in [0, 0.05) is 29.2 Å². The largest absolute Gasteiger partial charge is 0.438 e. The van der Waals surface area contributed by atoms with E-state index in [1.807, 2.05) is 26.0 Å². The average molecular weight is 388 g/mol. The van der Waals surface area contributed by atoms with E-state index in [0.29, 0.717) is 34.3 Å². The zero-order valence-electron chi connectivity index (χ0n) is 16.1. The van der Waals surface area contributed by atoms with E-state index in [1.165, 1.54) is 0 Å². The number of nitrogens with zero attached hydrogens (tertiary/aromatic N) is 3. The van der Waals surface area contributed by atoms with Crippen molar-refractivity contribution in [1.29, 1.82) is 0 Å². The summed E-state index contributed by atoms with van der Waals surface area (Å²) in [7, 11) is 0. The Morgan fingerprint density at radius 3 is 2.86 bits per heavy atom. The Morgan fingerprint density at radius 1 is 1.28 bits per heavy atom. The number of hydrogen-bond acceptors (Lipinski definition) is 5. The van der Waals surface area contributed by atoms with Gasteiger partial charge >= 0.3 is 0 Å². The molecule has 0 saturated heterocycles. The van der Waals surface area contributed by atoms with Crippen LogP contribution in [0, 0.1) is 13.8 Å². The Morgan fingerprint density at radius 2 is 2.10 bits per heavy atom. The van der Waals surface area contributed by atoms with E-state index in [1.54, 1.807) is 41.1 Å². The molecule has 1 aromatic carbocycles. The first-order valence-electron chi connectivity index (χ1n) is 8.97. The number of nitrogen functional groups attached to an aromatic ring is 1. The molecule has 8 heteroatoms. The molecule has 8 nitrogen and oxygen atoms in total. The van der Waals surface area contributed by atoms with Crippen LogP contribution < -0.4 is 15.8 Å². The fraction of sp³-hybridized carbons (Fsp3) is 0.0952. The molecule has 0 bridgehead atoms. The van der Waals surface area contributed by atoms with E-state index < -0.39 is 0 Å². The summed E-state index contributed by atoms with van der Waals surface area (Å²) >= 11 is 0. The molecule has 3 heterocycles. The third-order valence-electron chi connectivity index (χ3n) is 4.49. The zero-order valence-corrected chi connectivity index (χ0v) is 16.1. The van der Waals surface area contributed by atoms with Crippen LogP contribution >= 0.6 is 0 Å². The highest BCUT2D eigenvalue weighted by Gasteiger charge is 2.14. The number of hydrogen-bond donors (Lipinski definition) is 3. The first-order valence-corrected chi connectivity index (χ1v) is 8.97. The normalized spacial score (nSPS) is 10.8. The molecular weight excluding hydrogens is 368 g/mol. The molecular formula is C21H20N6O2. The predicted octanol–water partition coefficient (Wildman–Crippen LogP) is 3.94. The second-order valence-electron chi connectivity index (χ2n) is 6.64. The van der Waals surface area contributed by atoms with Crippen molar-refractivity contribution in [2.75, 3.05) is 11.1 Å². The Balaban J connectivity index is 1.57. The minimum absolute atomic E-state index is 0.208. The van der Waals surface area contributed by atoms with Crippen molar-refractivity contribution in [1.82, 2.24) is 19.6 Å². The van der Waals surface area contributed by atoms with Crippen LogP contribution in [0.4, 0.5) is 11.5 Å². The van der Waals surface area contributed by atoms with E-state index >= 15 is 0 Å². The van der Waals surface area contributed by atoms with Gasteiger partial charge in [-0.2, -0.15) is 0 Å². The molecule has 0 spiro atoms. The van der Waals surface area contributed by atoms with Crippen molar-refractivity contribution < 1.29 is 9.53 Å². The molecule has 146 valence electrons. The smallest absolute Gasteiger partial charge is 0.257 e. The van der Waals surface area contributed by atoms with Crippen LogP contribution in [-0.4, -0.2) is 25.5 Å².